The molecule has 4 atom stereocenters. The first kappa shape index (κ1) is 24.8. The molecule has 0 amide bonds. The number of halogens is 3. The molecular weight excluding hydrogens is 445 g/mol. The van der Waals surface area contributed by atoms with Gasteiger partial charge in [-0.25, -0.2) is 4.98 Å². The third-order valence-corrected chi connectivity index (χ3v) is 7.32. The molecule has 3 aliphatic rings. The number of nitrogens with two attached hydrogens (primary N) is 1. The standard InChI is InChI=1S/C24H35F3N6O/c1-4-32-5-7-33(8-6-32)16-10-17-18(11-16)22(17)20(31-14(2)3)12-19(28)15-9-21(23(29)30-13-15)34-24(25,26)27/h9,12-14,16-18,22,28,31H,4-8,10-11H2,1-3H3,(H2,29,30)/b20-12-,28-19?/t16-,17+,18-,22-. The van der Waals surface area contributed by atoms with Gasteiger partial charge in [0.25, 0.3) is 0 Å². The van der Waals surface area contributed by atoms with Crippen LogP contribution in [0.2, 0.25) is 0 Å². The van der Waals surface area contributed by atoms with Crippen LogP contribution in [0.4, 0.5) is 19.0 Å². The third kappa shape index (κ3) is 5.66. The number of hydrogen-bond donors (Lipinski definition) is 3. The Hall–Kier alpha value is -2.33. The molecule has 1 saturated heterocycles. The number of hydrogen-bond acceptors (Lipinski definition) is 7. The summed E-state index contributed by atoms with van der Waals surface area (Å²) in [6, 6.07) is 1.95. The van der Waals surface area contributed by atoms with Crippen LogP contribution in [0.5, 0.6) is 5.75 Å². The maximum Gasteiger partial charge on any atom is 0.573 e. The number of alkyl halides is 3. The first-order chi connectivity index (χ1) is 16.1. The van der Waals surface area contributed by atoms with E-state index in [-0.39, 0.29) is 23.1 Å². The van der Waals surface area contributed by atoms with Crippen LogP contribution in [0.3, 0.4) is 0 Å². The molecule has 0 aromatic carbocycles. The van der Waals surface area contributed by atoms with Gasteiger partial charge in [-0.3, -0.25) is 4.90 Å². The van der Waals surface area contributed by atoms with Crippen LogP contribution in [0.25, 0.3) is 0 Å². The second kappa shape index (κ2) is 9.73. The van der Waals surface area contributed by atoms with E-state index in [0.717, 1.165) is 44.5 Å². The highest BCUT2D eigenvalue weighted by atomic mass is 19.4. The minimum atomic E-state index is -4.87. The molecule has 0 spiro atoms. The zero-order valence-electron chi connectivity index (χ0n) is 20.0. The van der Waals surface area contributed by atoms with Crippen LogP contribution in [0.1, 0.15) is 39.2 Å². The average molecular weight is 481 g/mol. The number of likely N-dealkylation sites (N-methyl/N-ethyl adjacent to an activating group) is 1. The van der Waals surface area contributed by atoms with E-state index in [4.69, 9.17) is 11.1 Å². The van der Waals surface area contributed by atoms with E-state index in [1.807, 2.05) is 13.8 Å². The highest BCUT2D eigenvalue weighted by Gasteiger charge is 2.58. The Bertz CT molecular complexity index is 914. The Morgan fingerprint density at radius 3 is 2.47 bits per heavy atom. The molecule has 0 radical (unpaired) electrons. The lowest BCUT2D eigenvalue weighted by molar-refractivity contribution is -0.274. The number of pyridine rings is 1. The van der Waals surface area contributed by atoms with E-state index in [0.29, 0.717) is 23.8 Å². The molecular formula is C24H35F3N6O. The number of rotatable bonds is 8. The molecule has 0 unspecified atom stereocenters. The van der Waals surface area contributed by atoms with Gasteiger partial charge >= 0.3 is 6.36 Å². The third-order valence-electron chi connectivity index (χ3n) is 7.32. The summed E-state index contributed by atoms with van der Waals surface area (Å²) in [5.74, 6) is 0.599. The van der Waals surface area contributed by atoms with Gasteiger partial charge in [0.1, 0.15) is 0 Å². The van der Waals surface area contributed by atoms with Gasteiger partial charge < -0.3 is 26.1 Å². The first-order valence-electron chi connectivity index (χ1n) is 12.1. The Morgan fingerprint density at radius 1 is 1.26 bits per heavy atom. The molecule has 34 heavy (non-hydrogen) atoms. The fraction of sp³-hybridized carbons (Fsp3) is 0.667. The Kier molecular flexibility index (Phi) is 7.09. The van der Waals surface area contributed by atoms with Crippen molar-refractivity contribution < 1.29 is 17.9 Å². The summed E-state index contributed by atoms with van der Waals surface area (Å²) in [6.07, 6.45) is 0.506. The SMILES string of the molecule is CCN1CCN([C@H]2C[C@@H]3[C@H](C2)[C@H]3/C(=C/C(=N)c2cnc(N)c(OC(F)(F)F)c2)NC(C)C)CC1. The molecule has 4 rings (SSSR count). The smallest absolute Gasteiger partial charge is 0.402 e. The lowest BCUT2D eigenvalue weighted by Gasteiger charge is -2.38. The number of nitrogen functional groups attached to an aromatic ring is 1. The summed E-state index contributed by atoms with van der Waals surface area (Å²) in [4.78, 5) is 8.93. The molecule has 2 saturated carbocycles. The predicted octanol–water partition coefficient (Wildman–Crippen LogP) is 3.47. The van der Waals surface area contributed by atoms with Gasteiger partial charge in [-0.1, -0.05) is 6.92 Å². The summed E-state index contributed by atoms with van der Waals surface area (Å²) < 4.78 is 42.0. The lowest BCUT2D eigenvalue weighted by Crippen LogP contribution is -2.49. The van der Waals surface area contributed by atoms with Gasteiger partial charge in [-0.05, 0) is 57.2 Å². The van der Waals surface area contributed by atoms with E-state index in [2.05, 4.69) is 31.8 Å². The second-order valence-corrected chi connectivity index (χ2v) is 9.92. The maximum atomic E-state index is 12.7. The highest BCUT2D eigenvalue weighted by Crippen LogP contribution is 2.61. The summed E-state index contributed by atoms with van der Waals surface area (Å²) >= 11 is 0. The van der Waals surface area contributed by atoms with Crippen molar-refractivity contribution in [2.45, 2.75) is 52.1 Å². The van der Waals surface area contributed by atoms with Crippen LogP contribution in [-0.2, 0) is 0 Å². The van der Waals surface area contributed by atoms with Crippen molar-refractivity contribution in [2.24, 2.45) is 17.8 Å². The van der Waals surface area contributed by atoms with Crippen molar-refractivity contribution in [1.29, 1.82) is 5.41 Å². The Morgan fingerprint density at radius 2 is 1.91 bits per heavy atom. The zero-order valence-corrected chi connectivity index (χ0v) is 20.0. The molecule has 1 aliphatic heterocycles. The minimum absolute atomic E-state index is 0.0832. The predicted molar refractivity (Wildman–Crippen MR) is 126 cm³/mol. The molecule has 7 nitrogen and oxygen atoms in total. The van der Waals surface area contributed by atoms with Crippen LogP contribution in [0, 0.1) is 23.2 Å². The summed E-state index contributed by atoms with van der Waals surface area (Å²) in [5.41, 5.74) is 6.83. The molecule has 3 fully saturated rings. The maximum absolute atomic E-state index is 12.7. The number of nitrogens with zero attached hydrogens (tertiary/aromatic N) is 3. The van der Waals surface area contributed by atoms with Crippen molar-refractivity contribution in [3.63, 3.8) is 0 Å². The van der Waals surface area contributed by atoms with E-state index in [1.165, 1.54) is 19.0 Å². The van der Waals surface area contributed by atoms with Crippen molar-refractivity contribution >= 4 is 11.5 Å². The number of nitrogens with one attached hydrogen (secondary N) is 2. The Balaban J connectivity index is 1.43. The zero-order chi connectivity index (χ0) is 24.6. The van der Waals surface area contributed by atoms with E-state index in [9.17, 15) is 13.2 Å². The summed E-state index contributed by atoms with van der Waals surface area (Å²) in [6.45, 7) is 12.0. The molecule has 2 heterocycles. The number of ether oxygens (including phenoxy) is 1. The summed E-state index contributed by atoms with van der Waals surface area (Å²) in [5, 5.41) is 12.0. The molecule has 188 valence electrons. The van der Waals surface area contributed by atoms with Gasteiger partial charge in [0.05, 0.1) is 5.71 Å². The van der Waals surface area contributed by atoms with Gasteiger partial charge in [0.2, 0.25) is 0 Å². The molecule has 1 aromatic rings. The van der Waals surface area contributed by atoms with Gasteiger partial charge in [0.15, 0.2) is 11.6 Å². The van der Waals surface area contributed by atoms with Crippen LogP contribution in [0.15, 0.2) is 24.0 Å². The first-order valence-corrected chi connectivity index (χ1v) is 12.1. The number of aromatic nitrogens is 1. The van der Waals surface area contributed by atoms with E-state index in [1.54, 1.807) is 6.08 Å². The number of anilines is 1. The van der Waals surface area contributed by atoms with Gasteiger partial charge in [-0.15, -0.1) is 13.2 Å². The number of fused-ring (bicyclic) bond motifs is 1. The largest absolute Gasteiger partial charge is 0.573 e. The number of piperazine rings is 1. The van der Waals surface area contributed by atoms with Crippen molar-refractivity contribution in [2.75, 3.05) is 38.5 Å². The van der Waals surface area contributed by atoms with Gasteiger partial charge in [-0.2, -0.15) is 0 Å². The fourth-order valence-electron chi connectivity index (χ4n) is 5.63. The molecule has 1 aromatic heterocycles. The lowest BCUT2D eigenvalue weighted by atomic mass is 10.0. The Labute approximate surface area is 199 Å². The van der Waals surface area contributed by atoms with Crippen LogP contribution in [-0.4, -0.2) is 71.7 Å². The van der Waals surface area contributed by atoms with Crippen LogP contribution < -0.4 is 15.8 Å². The molecule has 4 N–H and O–H groups in total. The van der Waals surface area contributed by atoms with Crippen molar-refractivity contribution in [3.8, 4) is 5.75 Å². The van der Waals surface area contributed by atoms with Gasteiger partial charge in [0, 0.05) is 61.6 Å². The molecule has 2 aliphatic carbocycles. The van der Waals surface area contributed by atoms with E-state index >= 15 is 0 Å². The number of allylic oxidation sites excluding steroid dienone is 2. The topological polar surface area (TPSA) is 90.5 Å². The fourth-order valence-corrected chi connectivity index (χ4v) is 5.63. The van der Waals surface area contributed by atoms with Crippen molar-refractivity contribution in [3.05, 3.63) is 29.6 Å². The quantitative estimate of drug-likeness (QED) is 0.494. The monoisotopic (exact) mass is 480 g/mol. The molecule has 10 heteroatoms. The average Bonchev–Trinajstić information content (AvgIpc) is 3.26. The normalized spacial score (nSPS) is 28.1. The van der Waals surface area contributed by atoms with Crippen molar-refractivity contribution in [1.82, 2.24) is 20.1 Å². The van der Waals surface area contributed by atoms with Crippen LogP contribution >= 0.6 is 0 Å². The second-order valence-electron chi connectivity index (χ2n) is 9.92. The van der Waals surface area contributed by atoms with E-state index < -0.39 is 12.1 Å². The summed E-state index contributed by atoms with van der Waals surface area (Å²) in [7, 11) is 0. The molecule has 0 bridgehead atoms. The minimum Gasteiger partial charge on any atom is -0.402 e. The highest BCUT2D eigenvalue weighted by molar-refractivity contribution is 6.07.